The highest BCUT2D eigenvalue weighted by atomic mass is 16.5. The van der Waals surface area contributed by atoms with E-state index < -0.39 is 6.10 Å². The minimum Gasteiger partial charge on any atom is -0.494 e. The normalized spacial score (nSPS) is 21.5. The van der Waals surface area contributed by atoms with Crippen LogP contribution >= 0.6 is 0 Å². The van der Waals surface area contributed by atoms with E-state index >= 15 is 0 Å². The summed E-state index contributed by atoms with van der Waals surface area (Å²) in [6, 6.07) is 9.67. The molecule has 1 N–H and O–H groups in total. The summed E-state index contributed by atoms with van der Waals surface area (Å²) in [7, 11) is 1.48. The summed E-state index contributed by atoms with van der Waals surface area (Å²) in [5.41, 5.74) is 5.02. The Balaban J connectivity index is 1.97. The molecule has 1 aliphatic rings. The van der Waals surface area contributed by atoms with Crippen LogP contribution in [0.4, 0.5) is 0 Å². The minimum atomic E-state index is -0.871. The molecular formula is C30H42O4. The standard InChI is InChI=1S/C30H42O4/c1-21(2)12-10-13-22(3)14-11-15-23(4)18-19-26-24(5)27(31)30(29(33-6)28(26)32)34-20-25-16-8-7-9-17-25/h7-9,12,14,16-18,24,26,28,32H,10-11,13,15,19-20H2,1-6H3. The number of Topliss-reactive ketones (excluding diaryl/α,β-unsaturated/α-hetero) is 1. The second-order valence-corrected chi connectivity index (χ2v) is 9.63. The van der Waals surface area contributed by atoms with Crippen LogP contribution in [-0.4, -0.2) is 24.1 Å². The fourth-order valence-corrected chi connectivity index (χ4v) is 4.22. The van der Waals surface area contributed by atoms with Crippen molar-refractivity contribution >= 4 is 5.78 Å². The van der Waals surface area contributed by atoms with Gasteiger partial charge in [0.2, 0.25) is 11.5 Å². The van der Waals surface area contributed by atoms with Gasteiger partial charge in [-0.1, -0.05) is 72.2 Å². The average molecular weight is 467 g/mol. The van der Waals surface area contributed by atoms with Crippen LogP contribution in [-0.2, 0) is 20.9 Å². The van der Waals surface area contributed by atoms with Gasteiger partial charge >= 0.3 is 0 Å². The predicted octanol–water partition coefficient (Wildman–Crippen LogP) is 7.07. The number of carbonyl (C=O) groups excluding carboxylic acids is 1. The maximum absolute atomic E-state index is 13.1. The van der Waals surface area contributed by atoms with E-state index in [0.717, 1.165) is 31.2 Å². The molecule has 0 amide bonds. The summed E-state index contributed by atoms with van der Waals surface area (Å²) >= 11 is 0. The number of ketones is 1. The molecule has 186 valence electrons. The SMILES string of the molecule is COC1=C(OCc2ccccc2)C(=O)C(C)C(CC=C(C)CCC=C(C)CCC=C(C)C)C1O. The van der Waals surface area contributed by atoms with Gasteiger partial charge in [0.05, 0.1) is 7.11 Å². The lowest BCUT2D eigenvalue weighted by Gasteiger charge is -2.34. The molecule has 0 fully saturated rings. The van der Waals surface area contributed by atoms with Crippen LogP contribution in [0.2, 0.25) is 0 Å². The zero-order chi connectivity index (χ0) is 25.1. The van der Waals surface area contributed by atoms with Gasteiger partial charge in [0.25, 0.3) is 0 Å². The van der Waals surface area contributed by atoms with Gasteiger partial charge in [0.1, 0.15) is 12.7 Å². The second kappa shape index (κ2) is 14.0. The van der Waals surface area contributed by atoms with Crippen molar-refractivity contribution in [3.05, 3.63) is 82.4 Å². The van der Waals surface area contributed by atoms with Crippen LogP contribution in [0, 0.1) is 11.8 Å². The first-order valence-electron chi connectivity index (χ1n) is 12.4. The average Bonchev–Trinajstić information content (AvgIpc) is 2.80. The molecule has 0 aliphatic heterocycles. The molecule has 3 atom stereocenters. The molecule has 0 saturated heterocycles. The van der Waals surface area contributed by atoms with Crippen molar-refractivity contribution in [3.8, 4) is 0 Å². The highest BCUT2D eigenvalue weighted by molar-refractivity contribution is 5.97. The Labute approximate surface area is 206 Å². The summed E-state index contributed by atoms with van der Waals surface area (Å²) in [6.45, 7) is 10.7. The first kappa shape index (κ1) is 27.7. The lowest BCUT2D eigenvalue weighted by atomic mass is 9.77. The van der Waals surface area contributed by atoms with E-state index in [4.69, 9.17) is 9.47 Å². The van der Waals surface area contributed by atoms with Gasteiger partial charge in [-0.25, -0.2) is 0 Å². The van der Waals surface area contributed by atoms with Gasteiger partial charge < -0.3 is 14.6 Å². The predicted molar refractivity (Wildman–Crippen MR) is 139 cm³/mol. The van der Waals surface area contributed by atoms with Crippen LogP contribution in [0.15, 0.2) is 76.8 Å². The Morgan fingerprint density at radius 1 is 0.971 bits per heavy atom. The van der Waals surface area contributed by atoms with E-state index in [1.54, 1.807) is 0 Å². The number of carbonyl (C=O) groups is 1. The van der Waals surface area contributed by atoms with Crippen LogP contribution in [0.1, 0.15) is 72.3 Å². The van der Waals surface area contributed by atoms with E-state index in [9.17, 15) is 9.90 Å². The van der Waals surface area contributed by atoms with Gasteiger partial charge in [0, 0.05) is 11.8 Å². The number of aliphatic hydroxyl groups excluding tert-OH is 1. The number of methoxy groups -OCH3 is 1. The summed E-state index contributed by atoms with van der Waals surface area (Å²) < 4.78 is 11.3. The molecule has 0 spiro atoms. The van der Waals surface area contributed by atoms with Gasteiger partial charge in [-0.15, -0.1) is 0 Å². The number of aliphatic hydroxyl groups is 1. The molecule has 2 rings (SSSR count). The minimum absolute atomic E-state index is 0.107. The fourth-order valence-electron chi connectivity index (χ4n) is 4.22. The first-order valence-corrected chi connectivity index (χ1v) is 12.4. The number of ether oxygens (including phenoxy) is 2. The van der Waals surface area contributed by atoms with Crippen molar-refractivity contribution in [3.63, 3.8) is 0 Å². The summed E-state index contributed by atoms with van der Waals surface area (Å²) in [6.07, 6.45) is 10.7. The highest BCUT2D eigenvalue weighted by Crippen LogP contribution is 2.36. The van der Waals surface area contributed by atoms with Gasteiger partial charge in [-0.3, -0.25) is 4.79 Å². The van der Waals surface area contributed by atoms with Crippen LogP contribution in [0.3, 0.4) is 0 Å². The monoisotopic (exact) mass is 466 g/mol. The number of benzene rings is 1. The Hall–Kier alpha value is -2.59. The molecule has 0 saturated carbocycles. The zero-order valence-corrected chi connectivity index (χ0v) is 21.8. The molecule has 0 heterocycles. The Bertz CT molecular complexity index is 916. The molecular weight excluding hydrogens is 424 g/mol. The molecule has 1 aromatic rings. The molecule has 0 radical (unpaired) electrons. The largest absolute Gasteiger partial charge is 0.494 e. The number of hydrogen-bond donors (Lipinski definition) is 1. The quantitative estimate of drug-likeness (QED) is 0.335. The van der Waals surface area contributed by atoms with Crippen molar-refractivity contribution < 1.29 is 19.4 Å². The molecule has 0 bridgehead atoms. The van der Waals surface area contributed by atoms with E-state index in [1.165, 1.54) is 23.8 Å². The third kappa shape index (κ3) is 8.32. The lowest BCUT2D eigenvalue weighted by Crippen LogP contribution is -2.40. The third-order valence-corrected chi connectivity index (χ3v) is 6.48. The van der Waals surface area contributed by atoms with Gasteiger partial charge in [0.15, 0.2) is 5.76 Å². The molecule has 34 heavy (non-hydrogen) atoms. The van der Waals surface area contributed by atoms with E-state index in [-0.39, 0.29) is 35.7 Å². The van der Waals surface area contributed by atoms with Crippen molar-refractivity contribution in [1.29, 1.82) is 0 Å². The maximum atomic E-state index is 13.1. The Morgan fingerprint density at radius 2 is 1.59 bits per heavy atom. The number of rotatable bonds is 12. The Kier molecular flexibility index (Phi) is 11.4. The van der Waals surface area contributed by atoms with Crippen LogP contribution in [0.25, 0.3) is 0 Å². The van der Waals surface area contributed by atoms with Gasteiger partial charge in [-0.2, -0.15) is 0 Å². The number of hydrogen-bond acceptors (Lipinski definition) is 4. The molecule has 1 aliphatic carbocycles. The van der Waals surface area contributed by atoms with E-state index in [1.807, 2.05) is 37.3 Å². The molecule has 4 nitrogen and oxygen atoms in total. The second-order valence-electron chi connectivity index (χ2n) is 9.63. The fraction of sp³-hybridized carbons (Fsp3) is 0.500. The van der Waals surface area contributed by atoms with Crippen molar-refractivity contribution in [2.45, 2.75) is 79.4 Å². The van der Waals surface area contributed by atoms with Crippen molar-refractivity contribution in [2.75, 3.05) is 7.11 Å². The van der Waals surface area contributed by atoms with Crippen LogP contribution in [0.5, 0.6) is 0 Å². The lowest BCUT2D eigenvalue weighted by molar-refractivity contribution is -0.129. The van der Waals surface area contributed by atoms with Crippen molar-refractivity contribution in [1.82, 2.24) is 0 Å². The molecule has 3 unspecified atom stereocenters. The molecule has 4 heteroatoms. The zero-order valence-electron chi connectivity index (χ0n) is 21.8. The third-order valence-electron chi connectivity index (χ3n) is 6.48. The van der Waals surface area contributed by atoms with E-state index in [0.29, 0.717) is 6.42 Å². The van der Waals surface area contributed by atoms with Crippen LogP contribution < -0.4 is 0 Å². The smallest absolute Gasteiger partial charge is 0.204 e. The highest BCUT2D eigenvalue weighted by Gasteiger charge is 2.42. The first-order chi connectivity index (χ1) is 16.2. The Morgan fingerprint density at radius 3 is 2.21 bits per heavy atom. The summed E-state index contributed by atoms with van der Waals surface area (Å²) in [5, 5.41) is 11.0. The topological polar surface area (TPSA) is 55.8 Å². The van der Waals surface area contributed by atoms with Crippen molar-refractivity contribution in [2.24, 2.45) is 11.8 Å². The molecule has 0 aromatic heterocycles. The summed E-state index contributed by atoms with van der Waals surface area (Å²) in [5.74, 6) is -0.296. The number of allylic oxidation sites excluding steroid dienone is 7. The molecule has 1 aromatic carbocycles. The van der Waals surface area contributed by atoms with E-state index in [2.05, 4.69) is 45.9 Å². The van der Waals surface area contributed by atoms with Gasteiger partial charge in [-0.05, 0) is 65.4 Å². The maximum Gasteiger partial charge on any atom is 0.204 e. The summed E-state index contributed by atoms with van der Waals surface area (Å²) in [4.78, 5) is 13.1.